The van der Waals surface area contributed by atoms with Crippen LogP contribution in [0.2, 0.25) is 0 Å². The standard InChI is InChI=1S/C20H23N3O4/c1-3-19(24)23-9-8-14-12-15(4-6-17(14)23)20(25)22-16-5-7-18(21-13-16)27-11-10-26-2/h4-7,12-13H,3,8-11H2,1-2H3,(H,22,25). The molecule has 0 saturated carbocycles. The molecule has 2 heterocycles. The van der Waals surface area contributed by atoms with Gasteiger partial charge in [-0.2, -0.15) is 0 Å². The van der Waals surface area contributed by atoms with Gasteiger partial charge in [-0.3, -0.25) is 9.59 Å². The van der Waals surface area contributed by atoms with E-state index in [1.165, 1.54) is 0 Å². The van der Waals surface area contributed by atoms with Crippen LogP contribution in [0.4, 0.5) is 11.4 Å². The van der Waals surface area contributed by atoms with Crippen molar-refractivity contribution < 1.29 is 19.1 Å². The molecule has 142 valence electrons. The molecule has 27 heavy (non-hydrogen) atoms. The van der Waals surface area contributed by atoms with Gasteiger partial charge in [0.25, 0.3) is 5.91 Å². The summed E-state index contributed by atoms with van der Waals surface area (Å²) in [6.07, 6.45) is 2.78. The minimum atomic E-state index is -0.215. The van der Waals surface area contributed by atoms with E-state index < -0.39 is 0 Å². The van der Waals surface area contributed by atoms with Crippen LogP contribution in [-0.4, -0.2) is 43.7 Å². The van der Waals surface area contributed by atoms with Crippen molar-refractivity contribution >= 4 is 23.2 Å². The maximum atomic E-state index is 12.5. The Morgan fingerprint density at radius 1 is 1.22 bits per heavy atom. The number of pyridine rings is 1. The third-order valence-electron chi connectivity index (χ3n) is 4.37. The molecule has 0 saturated heterocycles. The van der Waals surface area contributed by atoms with Gasteiger partial charge in [-0.05, 0) is 36.2 Å². The largest absolute Gasteiger partial charge is 0.475 e. The van der Waals surface area contributed by atoms with Crippen LogP contribution in [0.15, 0.2) is 36.5 Å². The van der Waals surface area contributed by atoms with Crippen LogP contribution in [0.25, 0.3) is 0 Å². The van der Waals surface area contributed by atoms with Gasteiger partial charge in [-0.25, -0.2) is 4.98 Å². The predicted octanol–water partition coefficient (Wildman–Crippen LogP) is 2.66. The summed E-state index contributed by atoms with van der Waals surface area (Å²) in [4.78, 5) is 30.4. The molecule has 0 aliphatic carbocycles. The van der Waals surface area contributed by atoms with Crippen molar-refractivity contribution in [1.29, 1.82) is 0 Å². The van der Waals surface area contributed by atoms with Crippen LogP contribution in [0.5, 0.6) is 5.88 Å². The number of nitrogens with zero attached hydrogens (tertiary/aromatic N) is 2. The summed E-state index contributed by atoms with van der Waals surface area (Å²) in [6, 6.07) is 8.87. The number of benzene rings is 1. The van der Waals surface area contributed by atoms with Crippen molar-refractivity contribution in [2.24, 2.45) is 0 Å². The van der Waals surface area contributed by atoms with Crippen molar-refractivity contribution in [3.05, 3.63) is 47.7 Å². The molecular formula is C20H23N3O4. The Morgan fingerprint density at radius 2 is 2.07 bits per heavy atom. The highest BCUT2D eigenvalue weighted by Crippen LogP contribution is 2.29. The minimum absolute atomic E-state index is 0.102. The second kappa shape index (κ2) is 8.64. The lowest BCUT2D eigenvalue weighted by atomic mass is 10.1. The molecule has 1 aliphatic rings. The number of nitrogens with one attached hydrogen (secondary N) is 1. The summed E-state index contributed by atoms with van der Waals surface area (Å²) in [7, 11) is 1.60. The van der Waals surface area contributed by atoms with Gasteiger partial charge in [-0.15, -0.1) is 0 Å². The SMILES string of the molecule is CCC(=O)N1CCc2cc(C(=O)Nc3ccc(OCCOC)nc3)ccc21. The second-order valence-electron chi connectivity index (χ2n) is 6.17. The molecule has 7 heteroatoms. The first-order chi connectivity index (χ1) is 13.1. The van der Waals surface area contributed by atoms with E-state index in [1.54, 1.807) is 36.4 Å². The van der Waals surface area contributed by atoms with Crippen LogP contribution in [-0.2, 0) is 16.0 Å². The second-order valence-corrected chi connectivity index (χ2v) is 6.17. The molecule has 3 rings (SSSR count). The molecule has 1 N–H and O–H groups in total. The smallest absolute Gasteiger partial charge is 0.255 e. The average molecular weight is 369 g/mol. The fraction of sp³-hybridized carbons (Fsp3) is 0.350. The van der Waals surface area contributed by atoms with Gasteiger partial charge in [0.1, 0.15) is 6.61 Å². The van der Waals surface area contributed by atoms with Crippen molar-refractivity contribution in [2.45, 2.75) is 19.8 Å². The number of amides is 2. The molecule has 0 fully saturated rings. The van der Waals surface area contributed by atoms with E-state index >= 15 is 0 Å². The van der Waals surface area contributed by atoms with E-state index in [-0.39, 0.29) is 11.8 Å². The zero-order chi connectivity index (χ0) is 19.2. The first-order valence-corrected chi connectivity index (χ1v) is 8.94. The number of carbonyl (C=O) groups excluding carboxylic acids is 2. The highest BCUT2D eigenvalue weighted by Gasteiger charge is 2.24. The molecular weight excluding hydrogens is 346 g/mol. The molecule has 1 aromatic carbocycles. The molecule has 1 aromatic heterocycles. The fourth-order valence-electron chi connectivity index (χ4n) is 2.97. The molecule has 0 spiro atoms. The molecule has 0 unspecified atom stereocenters. The Bertz CT molecular complexity index is 820. The molecule has 0 atom stereocenters. The Hall–Kier alpha value is -2.93. The Morgan fingerprint density at radius 3 is 2.78 bits per heavy atom. The zero-order valence-corrected chi connectivity index (χ0v) is 15.5. The first kappa shape index (κ1) is 18.8. The Balaban J connectivity index is 1.64. The van der Waals surface area contributed by atoms with E-state index in [1.807, 2.05) is 19.1 Å². The lowest BCUT2D eigenvalue weighted by molar-refractivity contribution is -0.118. The zero-order valence-electron chi connectivity index (χ0n) is 15.5. The number of aromatic nitrogens is 1. The van der Waals surface area contributed by atoms with Crippen LogP contribution < -0.4 is 15.0 Å². The molecule has 1 aliphatic heterocycles. The van der Waals surface area contributed by atoms with Gasteiger partial charge in [0.15, 0.2) is 0 Å². The van der Waals surface area contributed by atoms with Crippen molar-refractivity contribution in [2.75, 3.05) is 37.1 Å². The molecule has 0 bridgehead atoms. The van der Waals surface area contributed by atoms with E-state index in [0.29, 0.717) is 43.3 Å². The monoisotopic (exact) mass is 369 g/mol. The molecule has 2 amide bonds. The Kier molecular flexibility index (Phi) is 6.03. The van der Waals surface area contributed by atoms with Crippen molar-refractivity contribution in [3.8, 4) is 5.88 Å². The molecule has 2 aromatic rings. The lowest BCUT2D eigenvalue weighted by Gasteiger charge is -2.16. The summed E-state index contributed by atoms with van der Waals surface area (Å²) in [6.45, 7) is 3.42. The number of hydrogen-bond donors (Lipinski definition) is 1. The van der Waals surface area contributed by atoms with Gasteiger partial charge < -0.3 is 19.7 Å². The normalized spacial score (nSPS) is 12.6. The number of fused-ring (bicyclic) bond motifs is 1. The van der Waals surface area contributed by atoms with Crippen LogP contribution in [0.1, 0.15) is 29.3 Å². The predicted molar refractivity (Wildman–Crippen MR) is 102 cm³/mol. The number of anilines is 2. The highest BCUT2D eigenvalue weighted by molar-refractivity contribution is 6.05. The Labute approximate surface area is 158 Å². The summed E-state index contributed by atoms with van der Waals surface area (Å²) in [5, 5.41) is 2.83. The first-order valence-electron chi connectivity index (χ1n) is 8.94. The van der Waals surface area contributed by atoms with E-state index in [0.717, 1.165) is 17.7 Å². The topological polar surface area (TPSA) is 80.8 Å². The van der Waals surface area contributed by atoms with Gasteiger partial charge in [-0.1, -0.05) is 6.92 Å². The van der Waals surface area contributed by atoms with Gasteiger partial charge in [0.2, 0.25) is 11.8 Å². The maximum absolute atomic E-state index is 12.5. The van der Waals surface area contributed by atoms with Crippen LogP contribution in [0.3, 0.4) is 0 Å². The number of ether oxygens (including phenoxy) is 2. The summed E-state index contributed by atoms with van der Waals surface area (Å²) < 4.78 is 10.3. The summed E-state index contributed by atoms with van der Waals surface area (Å²) in [5.41, 5.74) is 3.06. The summed E-state index contributed by atoms with van der Waals surface area (Å²) in [5.74, 6) is 0.362. The number of carbonyl (C=O) groups is 2. The van der Waals surface area contributed by atoms with Crippen molar-refractivity contribution in [3.63, 3.8) is 0 Å². The van der Waals surface area contributed by atoms with Gasteiger partial charge in [0.05, 0.1) is 18.5 Å². The van der Waals surface area contributed by atoms with E-state index in [2.05, 4.69) is 10.3 Å². The van der Waals surface area contributed by atoms with Gasteiger partial charge in [0, 0.05) is 37.4 Å². The number of methoxy groups -OCH3 is 1. The third-order valence-corrected chi connectivity index (χ3v) is 4.37. The highest BCUT2D eigenvalue weighted by atomic mass is 16.5. The lowest BCUT2D eigenvalue weighted by Crippen LogP contribution is -2.27. The summed E-state index contributed by atoms with van der Waals surface area (Å²) >= 11 is 0. The molecule has 7 nitrogen and oxygen atoms in total. The van der Waals surface area contributed by atoms with Gasteiger partial charge >= 0.3 is 0 Å². The maximum Gasteiger partial charge on any atom is 0.255 e. The van der Waals surface area contributed by atoms with Crippen molar-refractivity contribution in [1.82, 2.24) is 4.98 Å². The third kappa shape index (κ3) is 4.43. The quantitative estimate of drug-likeness (QED) is 0.759. The van der Waals surface area contributed by atoms with E-state index in [4.69, 9.17) is 9.47 Å². The average Bonchev–Trinajstić information content (AvgIpc) is 3.12. The molecule has 0 radical (unpaired) electrons. The van der Waals surface area contributed by atoms with E-state index in [9.17, 15) is 9.59 Å². The minimum Gasteiger partial charge on any atom is -0.475 e. The number of rotatable bonds is 7. The fourth-order valence-corrected chi connectivity index (χ4v) is 2.97. The number of hydrogen-bond acceptors (Lipinski definition) is 5. The van der Waals surface area contributed by atoms with Crippen LogP contribution >= 0.6 is 0 Å². The van der Waals surface area contributed by atoms with Crippen LogP contribution in [0, 0.1) is 0 Å².